The number of carbonyl (C=O) groups excluding carboxylic acids is 1. The van der Waals surface area contributed by atoms with Gasteiger partial charge in [0.15, 0.2) is 0 Å². The van der Waals surface area contributed by atoms with Gasteiger partial charge >= 0.3 is 0 Å². The number of hydrogen-bond acceptors (Lipinski definition) is 4. The third-order valence-electron chi connectivity index (χ3n) is 3.80. The Morgan fingerprint density at radius 2 is 2.00 bits per heavy atom. The lowest BCUT2D eigenvalue weighted by Crippen LogP contribution is -2.29. The molecule has 0 saturated heterocycles. The normalized spacial score (nSPS) is 10.5. The summed E-state index contributed by atoms with van der Waals surface area (Å²) in [6.45, 7) is 1.09. The Labute approximate surface area is 156 Å². The molecule has 0 fully saturated rings. The molecule has 0 bridgehead atoms. The summed E-state index contributed by atoms with van der Waals surface area (Å²) in [5.74, 6) is 0.642. The van der Waals surface area contributed by atoms with Gasteiger partial charge < -0.3 is 9.64 Å². The van der Waals surface area contributed by atoms with Crippen molar-refractivity contribution in [2.24, 2.45) is 0 Å². The molecule has 0 atom stereocenters. The largest absolute Gasteiger partial charge is 0.494 e. The number of rotatable bonds is 7. The van der Waals surface area contributed by atoms with Crippen molar-refractivity contribution in [3.05, 3.63) is 65.4 Å². The summed E-state index contributed by atoms with van der Waals surface area (Å²) in [5.41, 5.74) is 1.81. The predicted octanol–water partition coefficient (Wildman–Crippen LogP) is 3.67. The van der Waals surface area contributed by atoms with Gasteiger partial charge in [-0.3, -0.25) is 14.9 Å². The van der Waals surface area contributed by atoms with Crippen molar-refractivity contribution < 1.29 is 9.53 Å². The minimum Gasteiger partial charge on any atom is -0.494 e. The van der Waals surface area contributed by atoms with E-state index in [2.05, 4.69) is 15.2 Å². The molecule has 3 rings (SSSR count). The van der Waals surface area contributed by atoms with Crippen LogP contribution in [0.15, 0.2) is 54.7 Å². The molecule has 0 unspecified atom stereocenters. The maximum atomic E-state index is 12.5. The Bertz CT molecular complexity index is 849. The van der Waals surface area contributed by atoms with E-state index < -0.39 is 0 Å². The lowest BCUT2D eigenvalue weighted by atomic mass is 10.2. The molecule has 6 nitrogen and oxygen atoms in total. The fourth-order valence-corrected chi connectivity index (χ4v) is 2.53. The van der Waals surface area contributed by atoms with E-state index in [0.29, 0.717) is 36.0 Å². The molecule has 3 aromatic rings. The Hall–Kier alpha value is -2.86. The summed E-state index contributed by atoms with van der Waals surface area (Å²) in [4.78, 5) is 18.3. The Kier molecular flexibility index (Phi) is 5.86. The van der Waals surface area contributed by atoms with E-state index in [1.54, 1.807) is 36.3 Å². The highest BCUT2D eigenvalue weighted by atomic mass is 35.5. The molecule has 7 heteroatoms. The first kappa shape index (κ1) is 17.9. The molecule has 2 aromatic heterocycles. The number of nitrogens with zero attached hydrogens (tertiary/aromatic N) is 3. The van der Waals surface area contributed by atoms with E-state index in [9.17, 15) is 4.79 Å². The zero-order chi connectivity index (χ0) is 18.4. The topological polar surface area (TPSA) is 71.1 Å². The van der Waals surface area contributed by atoms with E-state index in [4.69, 9.17) is 16.3 Å². The van der Waals surface area contributed by atoms with Gasteiger partial charge in [0.2, 0.25) is 0 Å². The van der Waals surface area contributed by atoms with Gasteiger partial charge in [-0.15, -0.1) is 0 Å². The molecule has 0 radical (unpaired) electrons. The van der Waals surface area contributed by atoms with Crippen LogP contribution in [0, 0.1) is 0 Å². The van der Waals surface area contributed by atoms with Crippen molar-refractivity contribution in [2.75, 3.05) is 20.2 Å². The highest BCUT2D eigenvalue weighted by molar-refractivity contribution is 6.30. The maximum absolute atomic E-state index is 12.5. The predicted molar refractivity (Wildman–Crippen MR) is 100 cm³/mol. The van der Waals surface area contributed by atoms with Crippen molar-refractivity contribution in [2.45, 2.75) is 6.42 Å². The zero-order valence-corrected chi connectivity index (χ0v) is 15.1. The van der Waals surface area contributed by atoms with Crippen molar-refractivity contribution >= 4 is 17.5 Å². The van der Waals surface area contributed by atoms with Crippen LogP contribution in [0.3, 0.4) is 0 Å². The lowest BCUT2D eigenvalue weighted by Gasteiger charge is -2.16. The molecule has 1 aromatic carbocycles. The second-order valence-corrected chi connectivity index (χ2v) is 6.20. The molecule has 1 N–H and O–H groups in total. The van der Waals surface area contributed by atoms with Crippen LogP contribution in [0.5, 0.6) is 5.75 Å². The molecule has 0 aliphatic heterocycles. The summed E-state index contributed by atoms with van der Waals surface area (Å²) in [5, 5.41) is 7.62. The number of ether oxygens (including phenoxy) is 1. The van der Waals surface area contributed by atoms with Gasteiger partial charge in [0.05, 0.1) is 12.3 Å². The second-order valence-electron chi connectivity index (χ2n) is 5.76. The smallest absolute Gasteiger partial charge is 0.271 e. The minimum atomic E-state index is -0.119. The first-order chi connectivity index (χ1) is 12.6. The number of amides is 1. The molecule has 0 spiro atoms. The van der Waals surface area contributed by atoms with Crippen LogP contribution < -0.4 is 4.74 Å². The Balaban J connectivity index is 1.48. The van der Waals surface area contributed by atoms with Crippen molar-refractivity contribution in [1.82, 2.24) is 20.1 Å². The molecule has 2 heterocycles. The van der Waals surface area contributed by atoms with Gasteiger partial charge in [0.1, 0.15) is 17.1 Å². The number of carbonyl (C=O) groups is 1. The van der Waals surface area contributed by atoms with Crippen LogP contribution >= 0.6 is 11.6 Å². The summed E-state index contributed by atoms with van der Waals surface area (Å²) in [6, 6.07) is 14.5. The number of benzene rings is 1. The average molecular weight is 371 g/mol. The van der Waals surface area contributed by atoms with Crippen molar-refractivity contribution in [1.29, 1.82) is 0 Å². The SMILES string of the molecule is CN(CCCOc1ccc(Cl)cc1)C(=O)c1cc(-c2ccccn2)n[nH]1. The fourth-order valence-electron chi connectivity index (χ4n) is 2.41. The van der Waals surface area contributed by atoms with Crippen LogP contribution in [-0.2, 0) is 0 Å². The summed E-state index contributed by atoms with van der Waals surface area (Å²) in [6.07, 6.45) is 2.41. The first-order valence-corrected chi connectivity index (χ1v) is 8.62. The van der Waals surface area contributed by atoms with Gasteiger partial charge in [-0.1, -0.05) is 17.7 Å². The van der Waals surface area contributed by atoms with Gasteiger partial charge in [-0.25, -0.2) is 0 Å². The van der Waals surface area contributed by atoms with Crippen molar-refractivity contribution in [3.63, 3.8) is 0 Å². The zero-order valence-electron chi connectivity index (χ0n) is 14.4. The molecule has 0 aliphatic rings. The second kappa shape index (κ2) is 8.49. The van der Waals surface area contributed by atoms with Gasteiger partial charge in [0, 0.05) is 24.8 Å². The number of hydrogen-bond donors (Lipinski definition) is 1. The van der Waals surface area contributed by atoms with E-state index in [-0.39, 0.29) is 5.91 Å². The van der Waals surface area contributed by atoms with Gasteiger partial charge in [0.25, 0.3) is 5.91 Å². The highest BCUT2D eigenvalue weighted by Gasteiger charge is 2.15. The van der Waals surface area contributed by atoms with Crippen LogP contribution in [0.2, 0.25) is 5.02 Å². The molecule has 134 valence electrons. The Morgan fingerprint density at radius 3 is 2.73 bits per heavy atom. The average Bonchev–Trinajstić information content (AvgIpc) is 3.17. The third kappa shape index (κ3) is 4.61. The van der Waals surface area contributed by atoms with Crippen LogP contribution in [-0.4, -0.2) is 46.2 Å². The summed E-state index contributed by atoms with van der Waals surface area (Å²) < 4.78 is 5.63. The Morgan fingerprint density at radius 1 is 1.19 bits per heavy atom. The molecule has 26 heavy (non-hydrogen) atoms. The standard InChI is InChI=1S/C19H19ClN4O2/c1-24(11-4-12-26-15-8-6-14(20)7-9-15)19(25)18-13-17(22-23-18)16-5-2-3-10-21-16/h2-3,5-10,13H,4,11-12H2,1H3,(H,22,23). The summed E-state index contributed by atoms with van der Waals surface area (Å²) >= 11 is 5.84. The summed E-state index contributed by atoms with van der Waals surface area (Å²) in [7, 11) is 1.76. The van der Waals surface area contributed by atoms with Gasteiger partial charge in [-0.2, -0.15) is 5.10 Å². The van der Waals surface area contributed by atoms with E-state index >= 15 is 0 Å². The van der Waals surface area contributed by atoms with Crippen LogP contribution in [0.1, 0.15) is 16.9 Å². The number of pyridine rings is 1. The quantitative estimate of drug-likeness (QED) is 0.644. The van der Waals surface area contributed by atoms with E-state index in [1.807, 2.05) is 30.3 Å². The van der Waals surface area contributed by atoms with Gasteiger partial charge in [-0.05, 0) is 48.9 Å². The highest BCUT2D eigenvalue weighted by Crippen LogP contribution is 2.16. The number of halogens is 1. The number of aromatic nitrogens is 3. The molecular weight excluding hydrogens is 352 g/mol. The minimum absolute atomic E-state index is 0.119. The monoisotopic (exact) mass is 370 g/mol. The number of aromatic amines is 1. The first-order valence-electron chi connectivity index (χ1n) is 8.24. The van der Waals surface area contributed by atoms with E-state index in [1.165, 1.54) is 0 Å². The fraction of sp³-hybridized carbons (Fsp3) is 0.211. The van der Waals surface area contributed by atoms with Crippen LogP contribution in [0.4, 0.5) is 0 Å². The molecule has 0 saturated carbocycles. The molecular formula is C19H19ClN4O2. The van der Waals surface area contributed by atoms with Crippen LogP contribution in [0.25, 0.3) is 11.4 Å². The third-order valence-corrected chi connectivity index (χ3v) is 4.05. The maximum Gasteiger partial charge on any atom is 0.271 e. The van der Waals surface area contributed by atoms with E-state index in [0.717, 1.165) is 11.4 Å². The number of nitrogens with one attached hydrogen (secondary N) is 1. The van der Waals surface area contributed by atoms with Crippen molar-refractivity contribution in [3.8, 4) is 17.1 Å². The molecule has 0 aliphatic carbocycles. The molecule has 1 amide bonds. The lowest BCUT2D eigenvalue weighted by molar-refractivity contribution is 0.0782. The number of H-pyrrole nitrogens is 1.